The number of aliphatic hydroxyl groups excluding tert-OH is 1. The minimum atomic E-state index is -4.43. The first-order valence-corrected chi connectivity index (χ1v) is 6.81. The summed E-state index contributed by atoms with van der Waals surface area (Å²) in [4.78, 5) is 0. The maximum Gasteiger partial charge on any atom is 0.416 e. The molecule has 1 unspecified atom stereocenters. The van der Waals surface area contributed by atoms with Gasteiger partial charge in [-0.25, -0.2) is 0 Å². The maximum absolute atomic E-state index is 12.7. The van der Waals surface area contributed by atoms with E-state index in [1.807, 2.05) is 0 Å². The Morgan fingerprint density at radius 3 is 2.33 bits per heavy atom. The van der Waals surface area contributed by atoms with Gasteiger partial charge in [-0.05, 0) is 51.3 Å². The van der Waals surface area contributed by atoms with E-state index in [-0.39, 0.29) is 5.56 Å². The highest BCUT2D eigenvalue weighted by Gasteiger charge is 2.31. The normalized spacial score (nSPS) is 13.0. The Bertz CT molecular complexity index is 641. The van der Waals surface area contributed by atoms with Gasteiger partial charge in [0.15, 0.2) is 0 Å². The number of hydrogen-bond donors (Lipinski definition) is 1. The predicted molar refractivity (Wildman–Crippen MR) is 76.2 cm³/mol. The van der Waals surface area contributed by atoms with Crippen LogP contribution in [0.15, 0.2) is 46.9 Å². The van der Waals surface area contributed by atoms with Gasteiger partial charge in [-0.2, -0.15) is 13.2 Å². The lowest BCUT2D eigenvalue weighted by Gasteiger charge is -2.15. The molecule has 0 aliphatic rings. The summed E-state index contributed by atoms with van der Waals surface area (Å²) in [5.74, 6) is 0.579. The molecule has 2 aromatic rings. The first kappa shape index (κ1) is 15.9. The third-order valence-corrected chi connectivity index (χ3v) is 3.64. The van der Waals surface area contributed by atoms with Crippen molar-refractivity contribution in [1.82, 2.24) is 0 Å². The second-order valence-electron chi connectivity index (χ2n) is 4.42. The third-order valence-electron chi connectivity index (χ3n) is 3.02. The van der Waals surface area contributed by atoms with Gasteiger partial charge in [0.2, 0.25) is 0 Å². The van der Waals surface area contributed by atoms with Crippen molar-refractivity contribution < 1.29 is 23.0 Å². The fourth-order valence-corrected chi connectivity index (χ4v) is 2.49. The summed E-state index contributed by atoms with van der Waals surface area (Å²) in [6, 6.07) is 9.51. The molecule has 1 atom stereocenters. The Hall–Kier alpha value is -1.53. The number of halogens is 4. The van der Waals surface area contributed by atoms with Gasteiger partial charge in [-0.15, -0.1) is 0 Å². The number of aliphatic hydroxyl groups is 1. The molecule has 0 aromatic heterocycles. The average molecular weight is 361 g/mol. The summed E-state index contributed by atoms with van der Waals surface area (Å²) in [5, 5.41) is 10.2. The van der Waals surface area contributed by atoms with Gasteiger partial charge >= 0.3 is 6.18 Å². The zero-order valence-electron chi connectivity index (χ0n) is 11.0. The van der Waals surface area contributed by atoms with Crippen LogP contribution in [-0.4, -0.2) is 12.2 Å². The number of methoxy groups -OCH3 is 1. The van der Waals surface area contributed by atoms with Crippen LogP contribution in [0.4, 0.5) is 13.2 Å². The average Bonchev–Trinajstić information content (AvgIpc) is 2.45. The Morgan fingerprint density at radius 2 is 1.76 bits per heavy atom. The number of benzene rings is 2. The monoisotopic (exact) mass is 360 g/mol. The van der Waals surface area contributed by atoms with Crippen molar-refractivity contribution >= 4 is 15.9 Å². The zero-order chi connectivity index (χ0) is 15.6. The van der Waals surface area contributed by atoms with Crippen LogP contribution in [-0.2, 0) is 6.18 Å². The lowest BCUT2D eigenvalue weighted by Crippen LogP contribution is -2.07. The van der Waals surface area contributed by atoms with Gasteiger partial charge < -0.3 is 9.84 Å². The van der Waals surface area contributed by atoms with Crippen LogP contribution in [0, 0.1) is 0 Å². The highest BCUT2D eigenvalue weighted by molar-refractivity contribution is 9.10. The standard InChI is InChI=1S/C15H12BrF3O2/c1-21-13-6-5-10(8-12(13)16)14(20)9-3-2-4-11(7-9)15(17,18)19/h2-8,14,20H,1H3. The smallest absolute Gasteiger partial charge is 0.416 e. The molecule has 0 radical (unpaired) electrons. The van der Waals surface area contributed by atoms with Crippen molar-refractivity contribution in [3.05, 3.63) is 63.6 Å². The highest BCUT2D eigenvalue weighted by Crippen LogP contribution is 2.34. The summed E-state index contributed by atoms with van der Waals surface area (Å²) in [6.07, 6.45) is -5.58. The Morgan fingerprint density at radius 1 is 1.10 bits per heavy atom. The van der Waals surface area contributed by atoms with E-state index in [9.17, 15) is 18.3 Å². The predicted octanol–water partition coefficient (Wildman–Crippen LogP) is 4.56. The Labute approximate surface area is 128 Å². The molecule has 0 bridgehead atoms. The van der Waals surface area contributed by atoms with E-state index in [2.05, 4.69) is 15.9 Å². The van der Waals surface area contributed by atoms with E-state index in [1.54, 1.807) is 18.2 Å². The van der Waals surface area contributed by atoms with Crippen LogP contribution >= 0.6 is 15.9 Å². The summed E-state index contributed by atoms with van der Waals surface area (Å²) in [5.41, 5.74) is -0.129. The van der Waals surface area contributed by atoms with Crippen LogP contribution in [0.1, 0.15) is 22.8 Å². The SMILES string of the molecule is COc1ccc(C(O)c2cccc(C(F)(F)F)c2)cc1Br. The largest absolute Gasteiger partial charge is 0.496 e. The molecule has 0 heterocycles. The lowest BCUT2D eigenvalue weighted by molar-refractivity contribution is -0.137. The molecule has 0 fully saturated rings. The molecular weight excluding hydrogens is 349 g/mol. The molecule has 0 aliphatic carbocycles. The third kappa shape index (κ3) is 3.57. The van der Waals surface area contributed by atoms with Gasteiger partial charge in [-0.1, -0.05) is 18.2 Å². The summed E-state index contributed by atoms with van der Waals surface area (Å²) in [7, 11) is 1.50. The van der Waals surface area contributed by atoms with E-state index < -0.39 is 17.8 Å². The van der Waals surface area contributed by atoms with Crippen molar-refractivity contribution in [2.24, 2.45) is 0 Å². The van der Waals surface area contributed by atoms with E-state index in [0.717, 1.165) is 12.1 Å². The number of hydrogen-bond acceptors (Lipinski definition) is 2. The lowest BCUT2D eigenvalue weighted by atomic mass is 9.99. The van der Waals surface area contributed by atoms with E-state index in [0.29, 0.717) is 15.8 Å². The van der Waals surface area contributed by atoms with Crippen molar-refractivity contribution in [3.63, 3.8) is 0 Å². The highest BCUT2D eigenvalue weighted by atomic mass is 79.9. The van der Waals surface area contributed by atoms with Crippen LogP contribution in [0.5, 0.6) is 5.75 Å². The van der Waals surface area contributed by atoms with Crippen LogP contribution in [0.2, 0.25) is 0 Å². The molecule has 2 nitrogen and oxygen atoms in total. The molecule has 0 aliphatic heterocycles. The number of rotatable bonds is 3. The van der Waals surface area contributed by atoms with Crippen molar-refractivity contribution in [1.29, 1.82) is 0 Å². The Balaban J connectivity index is 2.36. The zero-order valence-corrected chi connectivity index (χ0v) is 12.6. The molecule has 0 amide bonds. The minimum absolute atomic E-state index is 0.182. The van der Waals surface area contributed by atoms with Crippen LogP contribution in [0.3, 0.4) is 0 Å². The van der Waals surface area contributed by atoms with Crippen molar-refractivity contribution in [2.75, 3.05) is 7.11 Å². The molecule has 0 saturated heterocycles. The van der Waals surface area contributed by atoms with Crippen molar-refractivity contribution in [3.8, 4) is 5.75 Å². The quantitative estimate of drug-likeness (QED) is 0.869. The second kappa shape index (κ2) is 6.07. The van der Waals surface area contributed by atoms with Gasteiger partial charge in [-0.3, -0.25) is 0 Å². The van der Waals surface area contributed by atoms with Gasteiger partial charge in [0, 0.05) is 0 Å². The van der Waals surface area contributed by atoms with Gasteiger partial charge in [0.05, 0.1) is 17.1 Å². The molecular formula is C15H12BrF3O2. The van der Waals surface area contributed by atoms with E-state index in [1.165, 1.54) is 19.2 Å². The maximum atomic E-state index is 12.7. The minimum Gasteiger partial charge on any atom is -0.496 e. The van der Waals surface area contributed by atoms with Gasteiger partial charge in [0.1, 0.15) is 11.9 Å². The fourth-order valence-electron chi connectivity index (χ4n) is 1.93. The molecule has 2 rings (SSSR count). The molecule has 112 valence electrons. The van der Waals surface area contributed by atoms with Crippen molar-refractivity contribution in [2.45, 2.75) is 12.3 Å². The topological polar surface area (TPSA) is 29.5 Å². The molecule has 1 N–H and O–H groups in total. The number of alkyl halides is 3. The number of ether oxygens (including phenoxy) is 1. The fraction of sp³-hybridized carbons (Fsp3) is 0.200. The van der Waals surface area contributed by atoms with Gasteiger partial charge in [0.25, 0.3) is 0 Å². The molecule has 0 spiro atoms. The molecule has 21 heavy (non-hydrogen) atoms. The molecule has 6 heteroatoms. The molecule has 2 aromatic carbocycles. The summed E-state index contributed by atoms with van der Waals surface area (Å²) >= 11 is 3.28. The first-order valence-electron chi connectivity index (χ1n) is 6.01. The second-order valence-corrected chi connectivity index (χ2v) is 5.27. The van der Waals surface area contributed by atoms with Crippen LogP contribution < -0.4 is 4.74 Å². The first-order chi connectivity index (χ1) is 9.82. The Kier molecular flexibility index (Phi) is 4.58. The van der Waals surface area contributed by atoms with E-state index in [4.69, 9.17) is 4.74 Å². The van der Waals surface area contributed by atoms with E-state index >= 15 is 0 Å². The summed E-state index contributed by atoms with van der Waals surface area (Å²) < 4.78 is 43.8. The molecule has 0 saturated carbocycles. The summed E-state index contributed by atoms with van der Waals surface area (Å²) in [6.45, 7) is 0. The van der Waals surface area contributed by atoms with Crippen LogP contribution in [0.25, 0.3) is 0 Å².